The second kappa shape index (κ2) is 7.86. The van der Waals surface area contributed by atoms with Crippen molar-refractivity contribution < 1.29 is 48.1 Å². The number of Topliss-reactive ketones (excluding diaryl/α,β-unsaturated/α-hetero) is 3. The zero-order valence-corrected chi connectivity index (χ0v) is 23.0. The van der Waals surface area contributed by atoms with Gasteiger partial charge in [0.25, 0.3) is 0 Å². The summed E-state index contributed by atoms with van der Waals surface area (Å²) in [6, 6.07) is 0. The Labute approximate surface area is 220 Å². The fraction of sp³-hybridized carbons (Fsp3) is 0.643. The number of aliphatic hydroxyl groups is 1. The van der Waals surface area contributed by atoms with Crippen molar-refractivity contribution in [2.75, 3.05) is 7.11 Å². The van der Waals surface area contributed by atoms with Gasteiger partial charge in [-0.2, -0.15) is 0 Å². The lowest BCUT2D eigenvalue weighted by Gasteiger charge is -2.68. The van der Waals surface area contributed by atoms with E-state index in [0.29, 0.717) is 0 Å². The highest BCUT2D eigenvalue weighted by atomic mass is 16.6. The van der Waals surface area contributed by atoms with Gasteiger partial charge in [0.15, 0.2) is 23.1 Å². The van der Waals surface area contributed by atoms with E-state index in [1.807, 2.05) is 0 Å². The van der Waals surface area contributed by atoms with Crippen LogP contribution in [0.4, 0.5) is 0 Å². The Hall–Kier alpha value is -3.30. The number of hydrogen-bond donors (Lipinski definition) is 1. The van der Waals surface area contributed by atoms with E-state index in [1.165, 1.54) is 20.8 Å². The zero-order valence-electron chi connectivity index (χ0n) is 23.0. The molecule has 1 saturated heterocycles. The number of ether oxygens (including phenoxy) is 3. The van der Waals surface area contributed by atoms with Gasteiger partial charge in [0.1, 0.15) is 17.3 Å². The predicted molar refractivity (Wildman–Crippen MR) is 130 cm³/mol. The van der Waals surface area contributed by atoms with Gasteiger partial charge in [-0.05, 0) is 45.3 Å². The first-order valence-electron chi connectivity index (χ1n) is 12.6. The maximum Gasteiger partial charge on any atom is 0.322 e. The van der Waals surface area contributed by atoms with Crippen LogP contribution in [0.2, 0.25) is 0 Å². The Bertz CT molecular complexity index is 1270. The number of allylic oxidation sites excluding steroid dienone is 2. The molecule has 0 aromatic rings. The van der Waals surface area contributed by atoms with Gasteiger partial charge >= 0.3 is 17.9 Å². The number of ketones is 3. The zero-order chi connectivity index (χ0) is 29.0. The molecule has 4 rings (SSSR count). The molecule has 10 heteroatoms. The Balaban J connectivity index is 2.26. The molecule has 3 fully saturated rings. The third-order valence-corrected chi connectivity index (χ3v) is 10.0. The van der Waals surface area contributed by atoms with E-state index >= 15 is 0 Å². The molecule has 0 bridgehead atoms. The predicted octanol–water partition coefficient (Wildman–Crippen LogP) is 2.58. The van der Waals surface area contributed by atoms with Crippen molar-refractivity contribution in [3.05, 3.63) is 23.5 Å². The van der Waals surface area contributed by atoms with Crippen LogP contribution in [0.3, 0.4) is 0 Å². The van der Waals surface area contributed by atoms with Crippen LogP contribution >= 0.6 is 0 Å². The molecule has 10 nitrogen and oxygen atoms in total. The van der Waals surface area contributed by atoms with Crippen LogP contribution in [0.15, 0.2) is 23.5 Å². The van der Waals surface area contributed by atoms with Gasteiger partial charge in [-0.1, -0.05) is 20.4 Å². The summed E-state index contributed by atoms with van der Waals surface area (Å²) in [7, 11) is 1.03. The summed E-state index contributed by atoms with van der Waals surface area (Å²) < 4.78 is 16.3. The largest absolute Gasteiger partial charge is 0.504 e. The van der Waals surface area contributed by atoms with Crippen LogP contribution in [0.5, 0.6) is 0 Å². The maximum atomic E-state index is 14.5. The fourth-order valence-corrected chi connectivity index (χ4v) is 8.38. The molecule has 0 aromatic heterocycles. The number of methoxy groups -OCH3 is 1. The second-order valence-corrected chi connectivity index (χ2v) is 12.0. The summed E-state index contributed by atoms with van der Waals surface area (Å²) in [5, 5.41) is 11.6. The van der Waals surface area contributed by atoms with Gasteiger partial charge in [0.05, 0.1) is 12.5 Å². The Morgan fingerprint density at radius 2 is 1.66 bits per heavy atom. The van der Waals surface area contributed by atoms with Crippen molar-refractivity contribution in [1.82, 2.24) is 0 Å². The minimum atomic E-state index is -2.52. The van der Waals surface area contributed by atoms with Crippen LogP contribution in [0.1, 0.15) is 61.3 Å². The third kappa shape index (κ3) is 2.68. The molecule has 206 valence electrons. The molecule has 3 aliphatic carbocycles. The summed E-state index contributed by atoms with van der Waals surface area (Å²) in [4.78, 5) is 81.8. The SMILES string of the molecule is C=C1[C@@H](OC(C)=O)[C@@H]2[C@](C)(C(=O)C(O)=C3C(C)(C)C(=O)CC[C@]32C)[C@]2(C(=O)OC)C(=O)[C@@H](C)OC(=O)[C@]12C. The highest BCUT2D eigenvalue weighted by Crippen LogP contribution is 2.75. The molecular formula is C28H34O10. The Morgan fingerprint density at radius 3 is 2.18 bits per heavy atom. The first-order valence-corrected chi connectivity index (χ1v) is 12.6. The van der Waals surface area contributed by atoms with E-state index in [1.54, 1.807) is 20.8 Å². The number of aliphatic hydroxyl groups excluding tert-OH is 1. The Morgan fingerprint density at radius 1 is 1.08 bits per heavy atom. The molecule has 1 heterocycles. The highest BCUT2D eigenvalue weighted by molar-refractivity contribution is 6.20. The summed E-state index contributed by atoms with van der Waals surface area (Å²) in [5.74, 6) is -6.96. The van der Waals surface area contributed by atoms with E-state index in [-0.39, 0.29) is 29.8 Å². The number of rotatable bonds is 2. The molecule has 1 N–H and O–H groups in total. The lowest BCUT2D eigenvalue weighted by Crippen LogP contribution is -2.80. The fourth-order valence-electron chi connectivity index (χ4n) is 8.38. The van der Waals surface area contributed by atoms with Crippen LogP contribution in [-0.4, -0.2) is 59.7 Å². The molecule has 4 aliphatic rings. The average molecular weight is 531 g/mol. The number of esters is 3. The van der Waals surface area contributed by atoms with Crippen molar-refractivity contribution in [3.8, 4) is 0 Å². The van der Waals surface area contributed by atoms with Crippen molar-refractivity contribution in [1.29, 1.82) is 0 Å². The highest BCUT2D eigenvalue weighted by Gasteiger charge is 2.86. The van der Waals surface area contributed by atoms with Gasteiger partial charge in [-0.3, -0.25) is 28.8 Å². The molecule has 38 heavy (non-hydrogen) atoms. The normalized spacial score (nSPS) is 42.0. The topological polar surface area (TPSA) is 150 Å². The van der Waals surface area contributed by atoms with Gasteiger partial charge in [-0.25, -0.2) is 0 Å². The van der Waals surface area contributed by atoms with Crippen LogP contribution in [0, 0.1) is 33.0 Å². The maximum absolute atomic E-state index is 14.5. The number of hydrogen-bond acceptors (Lipinski definition) is 10. The van der Waals surface area contributed by atoms with Crippen LogP contribution in [-0.2, 0) is 43.0 Å². The summed E-state index contributed by atoms with van der Waals surface area (Å²) in [6.45, 7) is 14.0. The summed E-state index contributed by atoms with van der Waals surface area (Å²) in [5.41, 5.74) is -9.36. The first kappa shape index (κ1) is 27.7. The molecule has 0 spiro atoms. The summed E-state index contributed by atoms with van der Waals surface area (Å²) in [6.07, 6.45) is -2.59. The quantitative estimate of drug-likeness (QED) is 0.244. The number of fused-ring (bicyclic) bond motifs is 5. The molecule has 0 aromatic carbocycles. The molecule has 1 aliphatic heterocycles. The van der Waals surface area contributed by atoms with Gasteiger partial charge < -0.3 is 19.3 Å². The van der Waals surface area contributed by atoms with Crippen molar-refractivity contribution in [2.24, 2.45) is 33.0 Å². The van der Waals surface area contributed by atoms with E-state index in [4.69, 9.17) is 14.2 Å². The smallest absolute Gasteiger partial charge is 0.322 e. The van der Waals surface area contributed by atoms with E-state index in [2.05, 4.69) is 6.58 Å². The van der Waals surface area contributed by atoms with E-state index in [9.17, 15) is 33.9 Å². The van der Waals surface area contributed by atoms with E-state index < -0.39 is 80.4 Å². The third-order valence-electron chi connectivity index (χ3n) is 10.0. The number of carbonyl (C=O) groups excluding carboxylic acids is 6. The standard InChI is InChI=1S/C28H34O10/c1-12-17(38-14(3)29)19-25(6)11-10-15(30)24(4,5)18(25)16(31)21(33)27(19,8)28(23(35)36-9)20(32)13(2)37-22(34)26(12,28)7/h13,17,19,31H,1,10-11H2,2-9H3/t13-,17-,19+,25-,26+,27-,28+/m1/s1. The lowest BCUT2D eigenvalue weighted by atomic mass is 9.31. The molecule has 2 saturated carbocycles. The van der Waals surface area contributed by atoms with Crippen LogP contribution in [0.25, 0.3) is 0 Å². The van der Waals surface area contributed by atoms with Gasteiger partial charge in [0.2, 0.25) is 5.78 Å². The first-order chi connectivity index (χ1) is 17.3. The molecule has 0 amide bonds. The van der Waals surface area contributed by atoms with Crippen LogP contribution < -0.4 is 0 Å². The minimum Gasteiger partial charge on any atom is -0.504 e. The van der Waals surface area contributed by atoms with Gasteiger partial charge in [-0.15, -0.1) is 0 Å². The van der Waals surface area contributed by atoms with Crippen molar-refractivity contribution in [3.63, 3.8) is 0 Å². The van der Waals surface area contributed by atoms with Crippen molar-refractivity contribution in [2.45, 2.75) is 73.5 Å². The molecule has 0 radical (unpaired) electrons. The number of cyclic esters (lactones) is 1. The minimum absolute atomic E-state index is 0.0647. The molecule has 7 atom stereocenters. The Kier molecular flexibility index (Phi) is 5.74. The monoisotopic (exact) mass is 530 g/mol. The molecular weight excluding hydrogens is 496 g/mol. The van der Waals surface area contributed by atoms with E-state index in [0.717, 1.165) is 14.0 Å². The van der Waals surface area contributed by atoms with Crippen molar-refractivity contribution >= 4 is 35.3 Å². The summed E-state index contributed by atoms with van der Waals surface area (Å²) >= 11 is 0. The average Bonchev–Trinajstić information content (AvgIpc) is 2.82. The van der Waals surface area contributed by atoms with Gasteiger partial charge in [0, 0.05) is 30.1 Å². The molecule has 0 unspecified atom stereocenters. The number of carbonyl (C=O) groups is 6. The lowest BCUT2D eigenvalue weighted by molar-refractivity contribution is -0.236. The second-order valence-electron chi connectivity index (χ2n) is 12.0.